The zero-order valence-corrected chi connectivity index (χ0v) is 10.4. The maximum absolute atomic E-state index is 11.2. The average molecular weight is 246 g/mol. The maximum atomic E-state index is 11.2. The highest BCUT2D eigenvalue weighted by molar-refractivity contribution is 5.79. The van der Waals surface area contributed by atoms with Crippen LogP contribution in [0.3, 0.4) is 0 Å². The van der Waals surface area contributed by atoms with Gasteiger partial charge in [0.15, 0.2) is 0 Å². The molecule has 3 rings (SSSR count). The fourth-order valence-corrected chi connectivity index (χ4v) is 2.97. The molecule has 4 nitrogen and oxygen atoms in total. The van der Waals surface area contributed by atoms with Gasteiger partial charge in [-0.25, -0.2) is 4.79 Å². The molecule has 1 fully saturated rings. The minimum atomic E-state index is -0.702. The molecule has 0 spiro atoms. The summed E-state index contributed by atoms with van der Waals surface area (Å²) in [6.45, 7) is 2.80. The summed E-state index contributed by atoms with van der Waals surface area (Å²) in [5.74, 6) is -0.702. The van der Waals surface area contributed by atoms with Crippen molar-refractivity contribution in [2.45, 2.75) is 31.8 Å². The van der Waals surface area contributed by atoms with E-state index >= 15 is 0 Å². The maximum Gasteiger partial charge on any atom is 0.326 e. The Balaban J connectivity index is 1.90. The second kappa shape index (κ2) is 4.61. The van der Waals surface area contributed by atoms with Gasteiger partial charge in [0, 0.05) is 18.8 Å². The molecule has 2 aliphatic rings. The number of nitrogens with one attached hydrogen (secondary N) is 1. The fourth-order valence-electron chi connectivity index (χ4n) is 2.97. The normalized spacial score (nSPS) is 22.9. The van der Waals surface area contributed by atoms with E-state index in [1.165, 1.54) is 11.1 Å². The highest BCUT2D eigenvalue weighted by Gasteiger charge is 2.30. The van der Waals surface area contributed by atoms with E-state index in [0.717, 1.165) is 44.6 Å². The smallest absolute Gasteiger partial charge is 0.326 e. The van der Waals surface area contributed by atoms with Gasteiger partial charge in [0.1, 0.15) is 6.04 Å². The first-order valence-electron chi connectivity index (χ1n) is 6.57. The van der Waals surface area contributed by atoms with Gasteiger partial charge >= 0.3 is 5.97 Å². The number of hydrogen-bond acceptors (Lipinski definition) is 3. The second-order valence-corrected chi connectivity index (χ2v) is 5.07. The van der Waals surface area contributed by atoms with Crippen LogP contribution in [0.4, 0.5) is 5.69 Å². The summed E-state index contributed by atoms with van der Waals surface area (Å²) in [5.41, 5.74) is 3.78. The number of rotatable bonds is 2. The van der Waals surface area contributed by atoms with E-state index in [2.05, 4.69) is 23.5 Å². The van der Waals surface area contributed by atoms with Gasteiger partial charge in [0.2, 0.25) is 0 Å². The van der Waals surface area contributed by atoms with Gasteiger partial charge in [0.25, 0.3) is 0 Å². The number of aliphatic carboxylic acids is 1. The van der Waals surface area contributed by atoms with E-state index in [1.807, 2.05) is 4.90 Å². The number of carbonyl (C=O) groups is 1. The minimum absolute atomic E-state index is 0.343. The Bertz CT molecular complexity index is 473. The fraction of sp³-hybridized carbons (Fsp3) is 0.500. The predicted molar refractivity (Wildman–Crippen MR) is 69.9 cm³/mol. The Labute approximate surface area is 107 Å². The molecule has 4 heteroatoms. The first kappa shape index (κ1) is 11.5. The van der Waals surface area contributed by atoms with E-state index in [1.54, 1.807) is 0 Å². The molecule has 0 bridgehead atoms. The monoisotopic (exact) mass is 246 g/mol. The molecule has 0 radical (unpaired) electrons. The molecule has 2 aliphatic heterocycles. The van der Waals surface area contributed by atoms with Crippen LogP contribution < -0.4 is 10.2 Å². The highest BCUT2D eigenvalue weighted by Crippen LogP contribution is 2.28. The molecule has 0 saturated carbocycles. The van der Waals surface area contributed by atoms with Crippen LogP contribution in [-0.4, -0.2) is 30.2 Å². The Morgan fingerprint density at radius 1 is 1.39 bits per heavy atom. The van der Waals surface area contributed by atoms with Crippen molar-refractivity contribution in [2.75, 3.05) is 18.0 Å². The van der Waals surface area contributed by atoms with Gasteiger partial charge in [-0.2, -0.15) is 0 Å². The minimum Gasteiger partial charge on any atom is -0.480 e. The molecule has 2 N–H and O–H groups in total. The Morgan fingerprint density at radius 2 is 2.28 bits per heavy atom. The number of anilines is 1. The van der Waals surface area contributed by atoms with Gasteiger partial charge in [0.05, 0.1) is 0 Å². The molecule has 0 amide bonds. The number of carboxylic acids is 1. The van der Waals surface area contributed by atoms with Crippen molar-refractivity contribution < 1.29 is 9.90 Å². The summed E-state index contributed by atoms with van der Waals surface area (Å²) in [7, 11) is 0. The van der Waals surface area contributed by atoms with Crippen LogP contribution >= 0.6 is 0 Å². The molecule has 2 heterocycles. The molecule has 1 aromatic rings. The van der Waals surface area contributed by atoms with Gasteiger partial charge in [-0.15, -0.1) is 0 Å². The van der Waals surface area contributed by atoms with Gasteiger partial charge in [-0.3, -0.25) is 0 Å². The van der Waals surface area contributed by atoms with Crippen LogP contribution in [-0.2, 0) is 17.8 Å². The Morgan fingerprint density at radius 3 is 3.11 bits per heavy atom. The number of carboxylic acid groups (broad SMARTS) is 1. The zero-order chi connectivity index (χ0) is 12.5. The van der Waals surface area contributed by atoms with Gasteiger partial charge in [-0.1, -0.05) is 6.07 Å². The van der Waals surface area contributed by atoms with Crippen LogP contribution in [0.2, 0.25) is 0 Å². The Hall–Kier alpha value is -1.55. The summed E-state index contributed by atoms with van der Waals surface area (Å²) in [6.07, 6.45) is 2.76. The summed E-state index contributed by atoms with van der Waals surface area (Å²) in [5, 5.41) is 12.6. The number of hydrogen-bond donors (Lipinski definition) is 2. The van der Waals surface area contributed by atoms with Crippen LogP contribution in [0.1, 0.15) is 24.0 Å². The third kappa shape index (κ3) is 1.97. The van der Waals surface area contributed by atoms with Crippen molar-refractivity contribution >= 4 is 11.7 Å². The van der Waals surface area contributed by atoms with E-state index < -0.39 is 5.97 Å². The predicted octanol–water partition coefficient (Wildman–Crippen LogP) is 1.39. The lowest BCUT2D eigenvalue weighted by Crippen LogP contribution is -2.36. The third-order valence-corrected chi connectivity index (χ3v) is 3.95. The molecule has 1 aromatic carbocycles. The zero-order valence-electron chi connectivity index (χ0n) is 10.4. The van der Waals surface area contributed by atoms with Crippen molar-refractivity contribution in [1.82, 2.24) is 5.32 Å². The van der Waals surface area contributed by atoms with Crippen LogP contribution in [0.5, 0.6) is 0 Å². The lowest BCUT2D eigenvalue weighted by molar-refractivity contribution is -0.138. The first-order chi connectivity index (χ1) is 8.75. The topological polar surface area (TPSA) is 52.6 Å². The molecule has 96 valence electrons. The summed E-state index contributed by atoms with van der Waals surface area (Å²) in [6, 6.07) is 6.03. The first-order valence-corrected chi connectivity index (χ1v) is 6.57. The molecule has 0 aliphatic carbocycles. The van der Waals surface area contributed by atoms with E-state index in [-0.39, 0.29) is 6.04 Å². The van der Waals surface area contributed by atoms with Crippen molar-refractivity contribution in [3.05, 3.63) is 29.3 Å². The van der Waals surface area contributed by atoms with Gasteiger partial charge in [-0.05, 0) is 49.1 Å². The molecule has 1 saturated heterocycles. The van der Waals surface area contributed by atoms with Crippen molar-refractivity contribution in [3.63, 3.8) is 0 Å². The van der Waals surface area contributed by atoms with Crippen LogP contribution in [0, 0.1) is 0 Å². The average Bonchev–Trinajstić information content (AvgIpc) is 2.87. The number of fused-ring (bicyclic) bond motifs is 1. The highest BCUT2D eigenvalue weighted by atomic mass is 16.4. The van der Waals surface area contributed by atoms with Crippen LogP contribution in [0.25, 0.3) is 0 Å². The quantitative estimate of drug-likeness (QED) is 0.828. The molecule has 0 aromatic heterocycles. The SMILES string of the molecule is O=C(O)C1CCCN1c1ccc2c(c1)CCNC2. The molecular formula is C14H18N2O2. The standard InChI is InChI=1S/C14H18N2O2/c17-14(18)13-2-1-7-16(13)12-4-3-11-9-15-6-5-10(11)8-12/h3-4,8,13,15H,1-2,5-7,9H2,(H,17,18). The molecular weight excluding hydrogens is 228 g/mol. The summed E-state index contributed by atoms with van der Waals surface area (Å²) >= 11 is 0. The lowest BCUT2D eigenvalue weighted by Gasteiger charge is -2.26. The van der Waals surface area contributed by atoms with E-state index in [4.69, 9.17) is 0 Å². The lowest BCUT2D eigenvalue weighted by atomic mass is 10.00. The van der Waals surface area contributed by atoms with Gasteiger partial charge < -0.3 is 15.3 Å². The van der Waals surface area contributed by atoms with E-state index in [0.29, 0.717) is 0 Å². The third-order valence-electron chi connectivity index (χ3n) is 3.95. The van der Waals surface area contributed by atoms with Crippen LogP contribution in [0.15, 0.2) is 18.2 Å². The number of nitrogens with zero attached hydrogens (tertiary/aromatic N) is 1. The molecule has 1 atom stereocenters. The van der Waals surface area contributed by atoms with Crippen molar-refractivity contribution in [1.29, 1.82) is 0 Å². The number of benzene rings is 1. The summed E-state index contributed by atoms with van der Waals surface area (Å²) in [4.78, 5) is 13.3. The summed E-state index contributed by atoms with van der Waals surface area (Å²) < 4.78 is 0. The largest absolute Gasteiger partial charge is 0.480 e. The molecule has 1 unspecified atom stereocenters. The van der Waals surface area contributed by atoms with E-state index in [9.17, 15) is 9.90 Å². The molecule has 18 heavy (non-hydrogen) atoms. The van der Waals surface area contributed by atoms with Crippen molar-refractivity contribution in [2.24, 2.45) is 0 Å². The van der Waals surface area contributed by atoms with Crippen molar-refractivity contribution in [3.8, 4) is 0 Å². The second-order valence-electron chi connectivity index (χ2n) is 5.07. The Kier molecular flexibility index (Phi) is 2.96.